The fourth-order valence-electron chi connectivity index (χ4n) is 0.250. The number of carboxylic acids is 1. The van der Waals surface area contributed by atoms with Crippen molar-refractivity contribution in [2.45, 2.75) is 13.8 Å². The lowest BCUT2D eigenvalue weighted by Gasteiger charge is -1.86. The zero-order chi connectivity index (χ0) is 8.41. The number of carbonyl (C=O) groups is 1. The van der Waals surface area contributed by atoms with Gasteiger partial charge in [0, 0.05) is 0 Å². The number of nitrogens with one attached hydrogen (secondary N) is 1. The third kappa shape index (κ3) is 25.2. The standard InChI is InChI=1S/C4H11N.C2H3ClO2/c1-3-5-4-2;3-1-2(4)5/h5H,3-4H2,1-2H3;1H2,(H,4,5). The molecule has 0 saturated carbocycles. The third-order valence-corrected chi connectivity index (χ3v) is 0.843. The molecule has 0 heterocycles. The molecule has 0 fully saturated rings. The molecule has 0 spiro atoms. The molecule has 0 aliphatic rings. The minimum absolute atomic E-state index is 0.306. The monoisotopic (exact) mass is 167 g/mol. The maximum Gasteiger partial charge on any atom is 0.318 e. The number of rotatable bonds is 3. The summed E-state index contributed by atoms with van der Waals surface area (Å²) < 4.78 is 0. The van der Waals surface area contributed by atoms with E-state index in [1.54, 1.807) is 0 Å². The van der Waals surface area contributed by atoms with Crippen molar-refractivity contribution < 1.29 is 9.90 Å². The molecule has 0 aromatic carbocycles. The Kier molecular flexibility index (Phi) is 14.3. The predicted octanol–water partition coefficient (Wildman–Crippen LogP) is 0.926. The van der Waals surface area contributed by atoms with Crippen molar-refractivity contribution in [2.24, 2.45) is 0 Å². The summed E-state index contributed by atoms with van der Waals surface area (Å²) in [5.41, 5.74) is 0. The Morgan fingerprint density at radius 2 is 1.80 bits per heavy atom. The molecule has 0 aromatic rings. The molecule has 0 radical (unpaired) electrons. The van der Waals surface area contributed by atoms with E-state index < -0.39 is 5.97 Å². The van der Waals surface area contributed by atoms with Crippen LogP contribution in [0.3, 0.4) is 0 Å². The van der Waals surface area contributed by atoms with Crippen LogP contribution in [0.1, 0.15) is 13.8 Å². The molecule has 3 nitrogen and oxygen atoms in total. The Labute approximate surface area is 66.4 Å². The summed E-state index contributed by atoms with van der Waals surface area (Å²) >= 11 is 4.74. The molecule has 2 N–H and O–H groups in total. The average molecular weight is 168 g/mol. The summed E-state index contributed by atoms with van der Waals surface area (Å²) in [6, 6.07) is 0. The van der Waals surface area contributed by atoms with Gasteiger partial charge in [0.15, 0.2) is 0 Å². The van der Waals surface area contributed by atoms with Crippen molar-refractivity contribution in [1.82, 2.24) is 5.32 Å². The SMILES string of the molecule is CCNCC.O=C(O)CCl. The average Bonchev–Trinajstić information content (AvgIpc) is 1.91. The smallest absolute Gasteiger partial charge is 0.318 e. The Morgan fingerprint density at radius 1 is 1.50 bits per heavy atom. The Bertz CT molecular complexity index is 76.1. The van der Waals surface area contributed by atoms with Gasteiger partial charge in [-0.1, -0.05) is 13.8 Å². The van der Waals surface area contributed by atoms with Crippen LogP contribution in [-0.4, -0.2) is 30.0 Å². The van der Waals surface area contributed by atoms with Gasteiger partial charge in [0.05, 0.1) is 0 Å². The first-order chi connectivity index (χ1) is 4.68. The molecule has 0 amide bonds. The maximum atomic E-state index is 9.24. The molecule has 0 aromatic heterocycles. The quantitative estimate of drug-likeness (QED) is 0.615. The van der Waals surface area contributed by atoms with E-state index in [9.17, 15) is 4.79 Å². The van der Waals surface area contributed by atoms with Gasteiger partial charge in [-0.15, -0.1) is 11.6 Å². The first-order valence-corrected chi connectivity index (χ1v) is 3.70. The molecule has 0 rings (SSSR count). The van der Waals surface area contributed by atoms with Crippen molar-refractivity contribution in [3.63, 3.8) is 0 Å². The first-order valence-electron chi connectivity index (χ1n) is 3.17. The molecule has 0 bridgehead atoms. The van der Waals surface area contributed by atoms with Crippen LogP contribution in [-0.2, 0) is 4.79 Å². The van der Waals surface area contributed by atoms with E-state index in [1.165, 1.54) is 0 Å². The van der Waals surface area contributed by atoms with E-state index in [0.717, 1.165) is 13.1 Å². The summed E-state index contributed by atoms with van der Waals surface area (Å²) in [6.45, 7) is 6.39. The summed E-state index contributed by atoms with van der Waals surface area (Å²) in [7, 11) is 0. The number of halogens is 1. The molecule has 10 heavy (non-hydrogen) atoms. The minimum Gasteiger partial charge on any atom is -0.480 e. The van der Waals surface area contributed by atoms with Gasteiger partial charge in [-0.2, -0.15) is 0 Å². The normalized spacial score (nSPS) is 7.90. The van der Waals surface area contributed by atoms with Gasteiger partial charge < -0.3 is 10.4 Å². The summed E-state index contributed by atoms with van der Waals surface area (Å²) in [6.07, 6.45) is 0. The molecule has 0 aliphatic heterocycles. The van der Waals surface area contributed by atoms with Crippen molar-refractivity contribution >= 4 is 17.6 Å². The second-order valence-corrected chi connectivity index (χ2v) is 1.75. The van der Waals surface area contributed by atoms with Crippen LogP contribution >= 0.6 is 11.6 Å². The van der Waals surface area contributed by atoms with Crippen molar-refractivity contribution in [2.75, 3.05) is 19.0 Å². The lowest BCUT2D eigenvalue weighted by atomic mass is 10.7. The van der Waals surface area contributed by atoms with Gasteiger partial charge in [-0.05, 0) is 13.1 Å². The van der Waals surface area contributed by atoms with E-state index in [-0.39, 0.29) is 5.88 Å². The van der Waals surface area contributed by atoms with Crippen LogP contribution in [0.25, 0.3) is 0 Å². The molecule has 0 atom stereocenters. The number of hydrogen-bond donors (Lipinski definition) is 2. The fourth-order valence-corrected chi connectivity index (χ4v) is 0.250. The molecule has 0 unspecified atom stereocenters. The second kappa shape index (κ2) is 11.5. The molecular formula is C6H14ClNO2. The lowest BCUT2D eigenvalue weighted by molar-refractivity contribution is -0.134. The largest absolute Gasteiger partial charge is 0.480 e. The van der Waals surface area contributed by atoms with Gasteiger partial charge in [-0.25, -0.2) is 0 Å². The zero-order valence-corrected chi connectivity index (χ0v) is 7.11. The highest BCUT2D eigenvalue weighted by Gasteiger charge is 1.83. The lowest BCUT2D eigenvalue weighted by Crippen LogP contribution is -2.09. The molecular weight excluding hydrogens is 154 g/mol. The van der Waals surface area contributed by atoms with Gasteiger partial charge >= 0.3 is 5.97 Å². The van der Waals surface area contributed by atoms with E-state index in [2.05, 4.69) is 19.2 Å². The summed E-state index contributed by atoms with van der Waals surface area (Å²) in [4.78, 5) is 9.24. The van der Waals surface area contributed by atoms with E-state index in [0.29, 0.717) is 0 Å². The predicted molar refractivity (Wildman–Crippen MR) is 42.6 cm³/mol. The van der Waals surface area contributed by atoms with E-state index in [4.69, 9.17) is 16.7 Å². The van der Waals surface area contributed by atoms with Crippen molar-refractivity contribution in [3.8, 4) is 0 Å². The Balaban J connectivity index is 0. The highest BCUT2D eigenvalue weighted by atomic mass is 35.5. The van der Waals surface area contributed by atoms with Gasteiger partial charge in [0.25, 0.3) is 0 Å². The zero-order valence-electron chi connectivity index (χ0n) is 6.35. The van der Waals surface area contributed by atoms with E-state index >= 15 is 0 Å². The Morgan fingerprint density at radius 3 is 1.80 bits per heavy atom. The minimum atomic E-state index is -0.980. The number of alkyl halides is 1. The topological polar surface area (TPSA) is 49.3 Å². The molecule has 0 saturated heterocycles. The van der Waals surface area contributed by atoms with Crippen molar-refractivity contribution in [1.29, 1.82) is 0 Å². The van der Waals surface area contributed by atoms with Crippen molar-refractivity contribution in [3.05, 3.63) is 0 Å². The van der Waals surface area contributed by atoms with Crippen LogP contribution < -0.4 is 5.32 Å². The third-order valence-electron chi connectivity index (χ3n) is 0.614. The second-order valence-electron chi connectivity index (χ2n) is 1.48. The summed E-state index contributed by atoms with van der Waals surface area (Å²) in [5, 5.41) is 10.7. The van der Waals surface area contributed by atoms with Crippen LogP contribution in [0.15, 0.2) is 0 Å². The maximum absolute atomic E-state index is 9.24. The Hall–Kier alpha value is -0.280. The van der Waals surface area contributed by atoms with Gasteiger partial charge in [0.2, 0.25) is 0 Å². The fraction of sp³-hybridized carbons (Fsp3) is 0.833. The van der Waals surface area contributed by atoms with Crippen LogP contribution in [0.4, 0.5) is 0 Å². The highest BCUT2D eigenvalue weighted by molar-refractivity contribution is 6.26. The van der Waals surface area contributed by atoms with Gasteiger partial charge in [-0.3, -0.25) is 4.79 Å². The highest BCUT2D eigenvalue weighted by Crippen LogP contribution is 1.67. The molecule has 4 heteroatoms. The van der Waals surface area contributed by atoms with E-state index in [1.807, 2.05) is 0 Å². The number of aliphatic carboxylic acids is 1. The van der Waals surface area contributed by atoms with Gasteiger partial charge in [0.1, 0.15) is 5.88 Å². The van der Waals surface area contributed by atoms with Crippen LogP contribution in [0.5, 0.6) is 0 Å². The molecule has 0 aliphatic carbocycles. The van der Waals surface area contributed by atoms with Crippen LogP contribution in [0, 0.1) is 0 Å². The molecule has 62 valence electrons. The number of hydrogen-bond acceptors (Lipinski definition) is 2. The first kappa shape index (κ1) is 12.4. The summed E-state index contributed by atoms with van der Waals surface area (Å²) in [5.74, 6) is -1.29. The number of carboxylic acid groups (broad SMARTS) is 1. The van der Waals surface area contributed by atoms with Crippen LogP contribution in [0.2, 0.25) is 0 Å².